The molecular formula is C25H23N3O7. The molecule has 3 N–H and O–H groups in total. The van der Waals surface area contributed by atoms with Crippen LogP contribution in [0.1, 0.15) is 27.4 Å². The van der Waals surface area contributed by atoms with Gasteiger partial charge in [-0.05, 0) is 30.2 Å². The molecule has 1 unspecified atom stereocenters. The fraction of sp³-hybridized carbons (Fsp3) is 0.200. The Morgan fingerprint density at radius 1 is 1.06 bits per heavy atom. The number of hydrogen-bond donors (Lipinski definition) is 2. The Morgan fingerprint density at radius 3 is 2.20 bits per heavy atom. The summed E-state index contributed by atoms with van der Waals surface area (Å²) in [7, 11) is 3.62. The Kier molecular flexibility index (Phi) is 7.11. The molecule has 1 heterocycles. The van der Waals surface area contributed by atoms with Gasteiger partial charge in [0.2, 0.25) is 0 Å². The van der Waals surface area contributed by atoms with Crippen molar-refractivity contribution in [1.82, 2.24) is 0 Å². The van der Waals surface area contributed by atoms with E-state index in [4.69, 9.17) is 19.9 Å². The van der Waals surface area contributed by atoms with Crippen molar-refractivity contribution in [3.05, 3.63) is 81.8 Å². The molecule has 0 aliphatic carbocycles. The number of methoxy groups -OCH3 is 3. The normalized spacial score (nSPS) is 15.4. The van der Waals surface area contributed by atoms with Crippen molar-refractivity contribution in [2.75, 3.05) is 26.2 Å². The zero-order chi connectivity index (χ0) is 25.9. The van der Waals surface area contributed by atoms with E-state index in [1.54, 1.807) is 37.3 Å². The van der Waals surface area contributed by atoms with Gasteiger partial charge in [0.1, 0.15) is 17.3 Å². The number of aryl methyl sites for hydroxylation is 1. The highest BCUT2D eigenvalue weighted by Gasteiger charge is 2.43. The van der Waals surface area contributed by atoms with Crippen LogP contribution in [0.5, 0.6) is 5.75 Å². The second-order valence-corrected chi connectivity index (χ2v) is 7.48. The Bertz CT molecular complexity index is 1310. The van der Waals surface area contributed by atoms with Crippen LogP contribution < -0.4 is 15.4 Å². The van der Waals surface area contributed by atoms with Gasteiger partial charge in [0.05, 0.1) is 55.7 Å². The van der Waals surface area contributed by atoms with Crippen LogP contribution >= 0.6 is 0 Å². The summed E-state index contributed by atoms with van der Waals surface area (Å²) in [6.07, 6.45) is 0. The fourth-order valence-corrected chi connectivity index (χ4v) is 4.01. The van der Waals surface area contributed by atoms with Gasteiger partial charge in [-0.2, -0.15) is 5.26 Å². The number of carboxylic acid groups (broad SMARTS) is 1. The molecule has 180 valence electrons. The molecule has 2 aromatic carbocycles. The maximum Gasteiger partial charge on any atom is 0.355 e. The van der Waals surface area contributed by atoms with Gasteiger partial charge in [-0.1, -0.05) is 30.3 Å². The summed E-state index contributed by atoms with van der Waals surface area (Å²) in [4.78, 5) is 39.4. The van der Waals surface area contributed by atoms with Crippen LogP contribution in [0, 0.1) is 18.3 Å². The van der Waals surface area contributed by atoms with Crippen molar-refractivity contribution in [2.45, 2.75) is 12.8 Å². The first kappa shape index (κ1) is 24.9. The zero-order valence-electron chi connectivity index (χ0n) is 19.5. The van der Waals surface area contributed by atoms with E-state index < -0.39 is 23.8 Å². The lowest BCUT2D eigenvalue weighted by molar-refractivity contribution is -0.139. The quantitative estimate of drug-likeness (QED) is 0.594. The molecule has 0 spiro atoms. The van der Waals surface area contributed by atoms with Gasteiger partial charge in [0, 0.05) is 0 Å². The second-order valence-electron chi connectivity index (χ2n) is 7.48. The topological polar surface area (TPSA) is 152 Å². The molecular weight excluding hydrogens is 454 g/mol. The van der Waals surface area contributed by atoms with Crippen molar-refractivity contribution in [2.24, 2.45) is 5.73 Å². The minimum absolute atomic E-state index is 0.0608. The molecule has 0 amide bonds. The van der Waals surface area contributed by atoms with Crippen molar-refractivity contribution < 1.29 is 33.7 Å². The molecule has 1 aliphatic rings. The molecule has 1 aliphatic heterocycles. The number of nitrogens with two attached hydrogens (primary N) is 1. The average molecular weight is 477 g/mol. The largest absolute Gasteiger partial charge is 0.496 e. The summed E-state index contributed by atoms with van der Waals surface area (Å²) in [5, 5.41) is 20.0. The van der Waals surface area contributed by atoms with Crippen molar-refractivity contribution in [3.8, 4) is 11.8 Å². The number of rotatable bonds is 6. The van der Waals surface area contributed by atoms with Gasteiger partial charge >= 0.3 is 17.9 Å². The highest BCUT2D eigenvalue weighted by molar-refractivity contribution is 6.08. The number of carbonyl (C=O) groups is 3. The molecule has 35 heavy (non-hydrogen) atoms. The van der Waals surface area contributed by atoms with Gasteiger partial charge in [0.15, 0.2) is 0 Å². The maximum atomic E-state index is 13.1. The first-order valence-electron chi connectivity index (χ1n) is 10.3. The number of aromatic carboxylic acids is 1. The third-order valence-electron chi connectivity index (χ3n) is 5.59. The van der Waals surface area contributed by atoms with Crippen LogP contribution in [-0.2, 0) is 19.1 Å². The Morgan fingerprint density at radius 2 is 1.69 bits per heavy atom. The Balaban J connectivity index is 2.50. The molecule has 10 heteroatoms. The third kappa shape index (κ3) is 4.27. The molecule has 0 fully saturated rings. The minimum Gasteiger partial charge on any atom is -0.496 e. The molecule has 10 nitrogen and oxygen atoms in total. The average Bonchev–Trinajstić information content (AvgIpc) is 2.87. The molecule has 2 aromatic rings. The number of esters is 2. The first-order valence-corrected chi connectivity index (χ1v) is 10.3. The number of carbonyl (C=O) groups excluding carboxylic acids is 2. The number of allylic oxidation sites excluding steroid dienone is 1. The zero-order valence-corrected chi connectivity index (χ0v) is 19.5. The van der Waals surface area contributed by atoms with E-state index >= 15 is 0 Å². The number of hydrogen-bond acceptors (Lipinski definition) is 9. The lowest BCUT2D eigenvalue weighted by Crippen LogP contribution is -2.41. The first-order chi connectivity index (χ1) is 16.7. The Labute approximate surface area is 201 Å². The van der Waals surface area contributed by atoms with Gasteiger partial charge in [-0.3, -0.25) is 4.90 Å². The van der Waals surface area contributed by atoms with Crippen molar-refractivity contribution in [3.63, 3.8) is 0 Å². The van der Waals surface area contributed by atoms with Crippen molar-refractivity contribution >= 4 is 23.6 Å². The van der Waals surface area contributed by atoms with E-state index in [9.17, 15) is 24.8 Å². The lowest BCUT2D eigenvalue weighted by Gasteiger charge is -2.36. The van der Waals surface area contributed by atoms with Crippen LogP contribution in [-0.4, -0.2) is 44.3 Å². The molecule has 0 bridgehead atoms. The number of nitriles is 1. The van der Waals surface area contributed by atoms with E-state index in [0.717, 1.165) is 19.1 Å². The molecule has 3 rings (SSSR count). The van der Waals surface area contributed by atoms with Crippen LogP contribution in [0.4, 0.5) is 5.69 Å². The summed E-state index contributed by atoms with van der Waals surface area (Å²) in [5.74, 6) is -4.25. The standard InChI is InChI=1S/C25H23N3O7/c1-13-10-17(15(23(29)30)11-18(13)33-2)28-21(25(32)35-4)20(24(31)34-3)19(16(12-26)22(28)27)14-8-6-5-7-9-14/h5-11,19H,27H2,1-4H3,(H,29,30). The highest BCUT2D eigenvalue weighted by Crippen LogP contribution is 2.44. The van der Waals surface area contributed by atoms with Gasteiger partial charge in [-0.25, -0.2) is 14.4 Å². The molecule has 0 saturated carbocycles. The fourth-order valence-electron chi connectivity index (χ4n) is 4.01. The molecule has 0 aromatic heterocycles. The predicted molar refractivity (Wildman–Crippen MR) is 124 cm³/mol. The third-order valence-corrected chi connectivity index (χ3v) is 5.59. The van der Waals surface area contributed by atoms with Gasteiger partial charge in [0.25, 0.3) is 0 Å². The number of carboxylic acids is 1. The number of benzene rings is 2. The summed E-state index contributed by atoms with van der Waals surface area (Å²) >= 11 is 0. The monoisotopic (exact) mass is 477 g/mol. The van der Waals surface area contributed by atoms with Gasteiger partial charge < -0.3 is 25.1 Å². The number of ether oxygens (including phenoxy) is 3. The molecule has 1 atom stereocenters. The number of anilines is 1. The second kappa shape index (κ2) is 10.0. The predicted octanol–water partition coefficient (Wildman–Crippen LogP) is 2.60. The smallest absolute Gasteiger partial charge is 0.355 e. The van der Waals surface area contributed by atoms with Crippen LogP contribution in [0.2, 0.25) is 0 Å². The van der Waals surface area contributed by atoms with E-state index in [1.165, 1.54) is 19.2 Å². The number of nitrogens with zero attached hydrogens (tertiary/aromatic N) is 2. The van der Waals surface area contributed by atoms with Crippen LogP contribution in [0.3, 0.4) is 0 Å². The van der Waals surface area contributed by atoms with Gasteiger partial charge in [-0.15, -0.1) is 0 Å². The lowest BCUT2D eigenvalue weighted by atomic mass is 9.80. The van der Waals surface area contributed by atoms with E-state index in [0.29, 0.717) is 11.1 Å². The summed E-state index contributed by atoms with van der Waals surface area (Å²) in [6, 6.07) is 13.2. The maximum absolute atomic E-state index is 13.1. The summed E-state index contributed by atoms with van der Waals surface area (Å²) in [6.45, 7) is 1.67. The SMILES string of the molecule is COC(=O)C1=C(C(=O)OC)N(c2cc(C)c(OC)cc2C(=O)O)C(N)=C(C#N)C1c1ccccc1. The minimum atomic E-state index is -1.35. The van der Waals surface area contributed by atoms with E-state index in [-0.39, 0.29) is 39.7 Å². The highest BCUT2D eigenvalue weighted by atomic mass is 16.5. The summed E-state index contributed by atoms with van der Waals surface area (Å²) < 4.78 is 15.2. The Hall–Kier alpha value is -4.78. The van der Waals surface area contributed by atoms with E-state index in [1.807, 2.05) is 6.07 Å². The van der Waals surface area contributed by atoms with Crippen LogP contribution in [0.25, 0.3) is 0 Å². The van der Waals surface area contributed by atoms with E-state index in [2.05, 4.69) is 0 Å². The molecule has 0 radical (unpaired) electrons. The summed E-state index contributed by atoms with van der Waals surface area (Å²) in [5.41, 5.74) is 6.45. The van der Waals surface area contributed by atoms with Crippen LogP contribution in [0.15, 0.2) is 65.1 Å². The molecule has 0 saturated heterocycles. The van der Waals surface area contributed by atoms with Crippen molar-refractivity contribution in [1.29, 1.82) is 5.26 Å².